The molecule has 1 aliphatic rings. The van der Waals surface area contributed by atoms with E-state index in [2.05, 4.69) is 28.1 Å². The summed E-state index contributed by atoms with van der Waals surface area (Å²) in [4.78, 5) is 13.9. The predicted molar refractivity (Wildman–Crippen MR) is 117 cm³/mol. The average molecular weight is 409 g/mol. The van der Waals surface area contributed by atoms with Crippen LogP contribution in [0.5, 0.6) is 0 Å². The Kier molecular flexibility index (Phi) is 6.08. The summed E-state index contributed by atoms with van der Waals surface area (Å²) in [5.41, 5.74) is 4.24. The Morgan fingerprint density at radius 2 is 1.97 bits per heavy atom. The fourth-order valence-corrected chi connectivity index (χ4v) is 4.11. The molecule has 0 aliphatic carbocycles. The number of halogens is 1. The summed E-state index contributed by atoms with van der Waals surface area (Å²) in [6, 6.07) is 6.62. The SMILES string of the molecule is CCn1cc(CN2CCCC(c3nc(N(C)C)ncc3-c3ccc(F)cc3)C2)cn1. The van der Waals surface area contributed by atoms with Gasteiger partial charge in [-0.1, -0.05) is 12.1 Å². The topological polar surface area (TPSA) is 50.1 Å². The number of nitrogens with zero attached hydrogens (tertiary/aromatic N) is 6. The second kappa shape index (κ2) is 8.92. The van der Waals surface area contributed by atoms with Crippen LogP contribution in [0.1, 0.15) is 36.9 Å². The number of piperidine rings is 1. The summed E-state index contributed by atoms with van der Waals surface area (Å²) in [5.74, 6) is 0.779. The van der Waals surface area contributed by atoms with Crippen molar-refractivity contribution < 1.29 is 4.39 Å². The average Bonchev–Trinajstić information content (AvgIpc) is 3.21. The number of hydrogen-bond acceptors (Lipinski definition) is 5. The van der Waals surface area contributed by atoms with Crippen LogP contribution in [0, 0.1) is 5.82 Å². The molecule has 0 bridgehead atoms. The lowest BCUT2D eigenvalue weighted by Crippen LogP contribution is -2.34. The molecule has 1 aromatic carbocycles. The van der Waals surface area contributed by atoms with Gasteiger partial charge in [-0.15, -0.1) is 0 Å². The Morgan fingerprint density at radius 3 is 2.67 bits per heavy atom. The zero-order valence-corrected chi connectivity index (χ0v) is 17.9. The molecule has 0 saturated carbocycles. The molecule has 1 saturated heterocycles. The molecule has 0 amide bonds. The maximum atomic E-state index is 13.5. The zero-order chi connectivity index (χ0) is 21.1. The summed E-state index contributed by atoms with van der Waals surface area (Å²) in [6.07, 6.45) is 8.18. The molecule has 1 aliphatic heterocycles. The van der Waals surface area contributed by atoms with Crippen molar-refractivity contribution >= 4 is 5.95 Å². The van der Waals surface area contributed by atoms with Crippen molar-refractivity contribution in [2.75, 3.05) is 32.1 Å². The highest BCUT2D eigenvalue weighted by Gasteiger charge is 2.26. The highest BCUT2D eigenvalue weighted by Crippen LogP contribution is 2.34. The molecule has 2 aromatic heterocycles. The van der Waals surface area contributed by atoms with Gasteiger partial charge in [-0.2, -0.15) is 5.10 Å². The van der Waals surface area contributed by atoms with E-state index in [9.17, 15) is 4.39 Å². The van der Waals surface area contributed by atoms with Crippen LogP contribution in [0.15, 0.2) is 42.9 Å². The van der Waals surface area contributed by atoms with E-state index in [4.69, 9.17) is 4.98 Å². The van der Waals surface area contributed by atoms with Gasteiger partial charge in [-0.3, -0.25) is 9.58 Å². The van der Waals surface area contributed by atoms with Gasteiger partial charge < -0.3 is 4.90 Å². The van der Waals surface area contributed by atoms with Crippen molar-refractivity contribution in [2.45, 2.75) is 38.8 Å². The molecule has 0 N–H and O–H groups in total. The number of rotatable bonds is 6. The van der Waals surface area contributed by atoms with Crippen molar-refractivity contribution in [3.8, 4) is 11.1 Å². The second-order valence-electron chi connectivity index (χ2n) is 8.15. The van der Waals surface area contributed by atoms with Gasteiger partial charge in [-0.25, -0.2) is 14.4 Å². The predicted octanol–water partition coefficient (Wildman–Crippen LogP) is 3.94. The lowest BCUT2D eigenvalue weighted by Gasteiger charge is -2.33. The van der Waals surface area contributed by atoms with Gasteiger partial charge in [0.25, 0.3) is 0 Å². The van der Waals surface area contributed by atoms with Crippen LogP contribution in [0.4, 0.5) is 10.3 Å². The molecule has 1 unspecified atom stereocenters. The smallest absolute Gasteiger partial charge is 0.225 e. The van der Waals surface area contributed by atoms with Crippen LogP contribution in [0.3, 0.4) is 0 Å². The molecule has 3 aromatic rings. The highest BCUT2D eigenvalue weighted by molar-refractivity contribution is 5.66. The van der Waals surface area contributed by atoms with Crippen molar-refractivity contribution in [3.05, 3.63) is 59.9 Å². The maximum Gasteiger partial charge on any atom is 0.225 e. The fourth-order valence-electron chi connectivity index (χ4n) is 4.11. The van der Waals surface area contributed by atoms with Gasteiger partial charge in [0.1, 0.15) is 5.82 Å². The minimum Gasteiger partial charge on any atom is -0.347 e. The summed E-state index contributed by atoms with van der Waals surface area (Å²) < 4.78 is 15.4. The highest BCUT2D eigenvalue weighted by atomic mass is 19.1. The number of hydrogen-bond donors (Lipinski definition) is 0. The van der Waals surface area contributed by atoms with Gasteiger partial charge in [0.05, 0.1) is 11.9 Å². The van der Waals surface area contributed by atoms with E-state index in [0.29, 0.717) is 11.9 Å². The summed E-state index contributed by atoms with van der Waals surface area (Å²) >= 11 is 0. The summed E-state index contributed by atoms with van der Waals surface area (Å²) in [6.45, 7) is 5.90. The largest absolute Gasteiger partial charge is 0.347 e. The first kappa shape index (κ1) is 20.5. The fraction of sp³-hybridized carbons (Fsp3) is 0.435. The number of anilines is 1. The Labute approximate surface area is 177 Å². The Balaban J connectivity index is 1.61. The van der Waals surface area contributed by atoms with Crippen LogP contribution < -0.4 is 4.90 Å². The minimum absolute atomic E-state index is 0.234. The van der Waals surface area contributed by atoms with Crippen LogP contribution in [0.2, 0.25) is 0 Å². The third-order valence-electron chi connectivity index (χ3n) is 5.67. The van der Waals surface area contributed by atoms with Gasteiger partial charge in [0.2, 0.25) is 5.95 Å². The molecule has 4 rings (SSSR count). The Morgan fingerprint density at radius 1 is 1.17 bits per heavy atom. The summed E-state index contributed by atoms with van der Waals surface area (Å²) in [7, 11) is 3.91. The molecule has 30 heavy (non-hydrogen) atoms. The number of benzene rings is 1. The number of aromatic nitrogens is 4. The second-order valence-corrected chi connectivity index (χ2v) is 8.15. The lowest BCUT2D eigenvalue weighted by molar-refractivity contribution is 0.198. The summed E-state index contributed by atoms with van der Waals surface area (Å²) in [5, 5.41) is 4.40. The standard InChI is InChI=1S/C23H29FN6/c1-4-30-15-17(12-26-30)14-29-11-5-6-19(16-29)22-21(13-25-23(27-22)28(2)3)18-7-9-20(24)10-8-18/h7-10,12-13,15,19H,4-6,11,14,16H2,1-3H3. The van der Waals surface area contributed by atoms with Gasteiger partial charge in [-0.05, 0) is 44.0 Å². The van der Waals surface area contributed by atoms with Crippen molar-refractivity contribution in [1.29, 1.82) is 0 Å². The Bertz CT molecular complexity index is 982. The van der Waals surface area contributed by atoms with Crippen molar-refractivity contribution in [3.63, 3.8) is 0 Å². The first-order valence-electron chi connectivity index (χ1n) is 10.6. The molecular formula is C23H29FN6. The van der Waals surface area contributed by atoms with Crippen LogP contribution in [-0.2, 0) is 13.1 Å². The van der Waals surface area contributed by atoms with Crippen molar-refractivity contribution in [2.24, 2.45) is 0 Å². The molecule has 158 valence electrons. The molecule has 0 radical (unpaired) electrons. The van der Waals surface area contributed by atoms with Crippen LogP contribution in [-0.4, -0.2) is 51.8 Å². The van der Waals surface area contributed by atoms with E-state index in [-0.39, 0.29) is 5.82 Å². The number of likely N-dealkylation sites (tertiary alicyclic amines) is 1. The zero-order valence-electron chi connectivity index (χ0n) is 17.9. The monoisotopic (exact) mass is 408 g/mol. The molecule has 3 heterocycles. The Hall–Kier alpha value is -2.80. The van der Waals surface area contributed by atoms with Crippen LogP contribution >= 0.6 is 0 Å². The molecule has 6 nitrogen and oxygen atoms in total. The van der Waals surface area contributed by atoms with E-state index in [1.54, 1.807) is 0 Å². The normalized spacial score (nSPS) is 17.3. The van der Waals surface area contributed by atoms with E-state index in [0.717, 1.165) is 55.8 Å². The van der Waals surface area contributed by atoms with E-state index in [1.165, 1.54) is 17.7 Å². The van der Waals surface area contributed by atoms with E-state index < -0.39 is 0 Å². The quantitative estimate of drug-likeness (QED) is 0.618. The molecule has 1 atom stereocenters. The molecule has 7 heteroatoms. The van der Waals surface area contributed by atoms with E-state index in [1.807, 2.05) is 48.2 Å². The van der Waals surface area contributed by atoms with E-state index >= 15 is 0 Å². The van der Waals surface area contributed by atoms with Gasteiger partial charge in [0.15, 0.2) is 0 Å². The lowest BCUT2D eigenvalue weighted by atomic mass is 9.90. The van der Waals surface area contributed by atoms with Crippen molar-refractivity contribution in [1.82, 2.24) is 24.6 Å². The third-order valence-corrected chi connectivity index (χ3v) is 5.67. The van der Waals surface area contributed by atoms with Gasteiger partial charge in [0, 0.05) is 63.2 Å². The minimum atomic E-state index is -0.234. The molecule has 1 fully saturated rings. The number of aryl methyl sites for hydroxylation is 1. The van der Waals surface area contributed by atoms with Crippen LogP contribution in [0.25, 0.3) is 11.1 Å². The molecular weight excluding hydrogens is 379 g/mol. The van der Waals surface area contributed by atoms with Gasteiger partial charge >= 0.3 is 0 Å². The first-order valence-corrected chi connectivity index (χ1v) is 10.6. The maximum absolute atomic E-state index is 13.5. The third kappa shape index (κ3) is 4.51. The first-order chi connectivity index (χ1) is 14.5. The molecule has 0 spiro atoms.